The highest BCUT2D eigenvalue weighted by atomic mass is 32.1. The fourth-order valence-corrected chi connectivity index (χ4v) is 3.07. The number of hydrogen-bond acceptors (Lipinski definition) is 3. The van der Waals surface area contributed by atoms with Crippen LogP contribution in [-0.2, 0) is 0 Å². The lowest BCUT2D eigenvalue weighted by Gasteiger charge is -2.03. The first-order valence-corrected chi connectivity index (χ1v) is 7.46. The second-order valence-corrected chi connectivity index (χ2v) is 5.93. The number of phenols is 1. The van der Waals surface area contributed by atoms with Crippen LogP contribution in [0, 0.1) is 0 Å². The van der Waals surface area contributed by atoms with Crippen LogP contribution in [0.15, 0.2) is 60.7 Å². The average molecular weight is 294 g/mol. The Labute approximate surface area is 127 Å². The zero-order valence-corrected chi connectivity index (χ0v) is 12.4. The van der Waals surface area contributed by atoms with Gasteiger partial charge >= 0.3 is 0 Å². The van der Waals surface area contributed by atoms with Crippen LogP contribution in [0.1, 0.15) is 16.6 Å². The summed E-state index contributed by atoms with van der Waals surface area (Å²) in [5.74, 6) is 0.373. The van der Waals surface area contributed by atoms with Crippen LogP contribution in [0.25, 0.3) is 21.6 Å². The molecule has 0 aliphatic rings. The molecule has 1 N–H and O–H groups in total. The summed E-state index contributed by atoms with van der Waals surface area (Å²) >= 11 is 1.52. The highest BCUT2D eigenvalue weighted by Crippen LogP contribution is 2.30. The molecular weight excluding hydrogens is 280 g/mol. The first-order valence-electron chi connectivity index (χ1n) is 6.64. The Morgan fingerprint density at radius 1 is 0.810 bits per heavy atom. The second kappa shape index (κ2) is 5.54. The maximum atomic E-state index is 11.3. The van der Waals surface area contributed by atoms with E-state index in [0.29, 0.717) is 0 Å². The fourth-order valence-electron chi connectivity index (χ4n) is 2.16. The molecule has 0 fully saturated rings. The molecule has 2 nitrogen and oxygen atoms in total. The summed E-state index contributed by atoms with van der Waals surface area (Å²) in [4.78, 5) is 13.2. The first kappa shape index (κ1) is 13.6. The Morgan fingerprint density at radius 2 is 1.33 bits per heavy atom. The molecule has 21 heavy (non-hydrogen) atoms. The van der Waals surface area contributed by atoms with Gasteiger partial charge in [-0.2, -0.15) is 0 Å². The third-order valence-corrected chi connectivity index (χ3v) is 4.56. The van der Waals surface area contributed by atoms with E-state index in [1.807, 2.05) is 24.3 Å². The van der Waals surface area contributed by atoms with Crippen molar-refractivity contribution in [3.63, 3.8) is 0 Å². The van der Waals surface area contributed by atoms with Gasteiger partial charge in [0.15, 0.2) is 5.78 Å². The Balaban J connectivity index is 1.89. The highest BCUT2D eigenvalue weighted by molar-refractivity contribution is 7.17. The predicted octanol–water partition coefficient (Wildman–Crippen LogP) is 4.99. The van der Waals surface area contributed by atoms with Gasteiger partial charge < -0.3 is 5.11 Å². The Bertz CT molecular complexity index is 768. The van der Waals surface area contributed by atoms with E-state index in [9.17, 15) is 9.90 Å². The van der Waals surface area contributed by atoms with E-state index in [0.717, 1.165) is 26.4 Å². The lowest BCUT2D eigenvalue weighted by molar-refractivity contribution is 0.102. The van der Waals surface area contributed by atoms with Gasteiger partial charge in [0.25, 0.3) is 0 Å². The minimum absolute atomic E-state index is 0.104. The Morgan fingerprint density at radius 3 is 1.86 bits per heavy atom. The maximum absolute atomic E-state index is 11.3. The maximum Gasteiger partial charge on any atom is 0.169 e. The average Bonchev–Trinajstić information content (AvgIpc) is 2.98. The Kier molecular flexibility index (Phi) is 3.59. The van der Waals surface area contributed by atoms with Gasteiger partial charge in [0.2, 0.25) is 0 Å². The number of thiophene rings is 1. The molecule has 2 aromatic carbocycles. The van der Waals surface area contributed by atoms with Crippen molar-refractivity contribution in [2.24, 2.45) is 0 Å². The summed E-state index contributed by atoms with van der Waals surface area (Å²) < 4.78 is 0. The zero-order valence-electron chi connectivity index (χ0n) is 11.5. The minimum atomic E-state index is 0.104. The third-order valence-electron chi connectivity index (χ3n) is 3.32. The van der Waals surface area contributed by atoms with E-state index in [4.69, 9.17) is 0 Å². The first-order chi connectivity index (χ1) is 10.1. The molecule has 3 aromatic rings. The molecule has 0 radical (unpaired) electrons. The molecule has 0 bridgehead atoms. The highest BCUT2D eigenvalue weighted by Gasteiger charge is 2.06. The van der Waals surface area contributed by atoms with Gasteiger partial charge in [-0.05, 0) is 47.9 Å². The molecule has 0 atom stereocenters. The van der Waals surface area contributed by atoms with Gasteiger partial charge in [-0.25, -0.2) is 0 Å². The number of phenolic OH excluding ortho intramolecular Hbond substituents is 1. The number of carbonyl (C=O) groups excluding carboxylic acids is 1. The number of rotatable bonds is 3. The fraction of sp³-hybridized carbons (Fsp3) is 0.0556. The molecule has 0 unspecified atom stereocenters. The smallest absolute Gasteiger partial charge is 0.169 e. The summed E-state index contributed by atoms with van der Waals surface area (Å²) in [5.41, 5.74) is 3.27. The van der Waals surface area contributed by atoms with E-state index in [1.165, 1.54) is 11.3 Å². The normalized spacial score (nSPS) is 10.5. The lowest BCUT2D eigenvalue weighted by atomic mass is 10.0. The molecule has 0 amide bonds. The van der Waals surface area contributed by atoms with Gasteiger partial charge in [0.1, 0.15) is 5.75 Å². The molecule has 3 rings (SSSR count). The van der Waals surface area contributed by atoms with Crippen molar-refractivity contribution in [2.45, 2.75) is 6.92 Å². The van der Waals surface area contributed by atoms with Crippen LogP contribution in [-0.4, -0.2) is 10.9 Å². The van der Waals surface area contributed by atoms with E-state index < -0.39 is 0 Å². The van der Waals surface area contributed by atoms with E-state index in [1.54, 1.807) is 19.1 Å². The molecule has 0 aliphatic heterocycles. The molecule has 0 spiro atoms. The van der Waals surface area contributed by atoms with Crippen molar-refractivity contribution < 1.29 is 9.90 Å². The molecule has 0 aliphatic carbocycles. The number of benzene rings is 2. The van der Waals surface area contributed by atoms with Gasteiger partial charge in [0, 0.05) is 4.88 Å². The monoisotopic (exact) mass is 294 g/mol. The van der Waals surface area contributed by atoms with Crippen LogP contribution >= 0.6 is 11.3 Å². The molecule has 104 valence electrons. The van der Waals surface area contributed by atoms with Crippen LogP contribution in [0.2, 0.25) is 0 Å². The van der Waals surface area contributed by atoms with E-state index in [2.05, 4.69) is 24.3 Å². The van der Waals surface area contributed by atoms with Crippen molar-refractivity contribution in [3.05, 3.63) is 65.5 Å². The molecule has 0 saturated carbocycles. The summed E-state index contributed by atoms with van der Waals surface area (Å²) in [7, 11) is 0. The Hall–Kier alpha value is -2.39. The zero-order chi connectivity index (χ0) is 14.8. The van der Waals surface area contributed by atoms with Crippen molar-refractivity contribution >= 4 is 17.1 Å². The topological polar surface area (TPSA) is 37.3 Å². The van der Waals surface area contributed by atoms with Gasteiger partial charge in [-0.1, -0.05) is 36.4 Å². The van der Waals surface area contributed by atoms with Crippen LogP contribution < -0.4 is 0 Å². The number of hydrogen-bond donors (Lipinski definition) is 1. The summed E-state index contributed by atoms with van der Waals surface area (Å²) in [6.45, 7) is 1.59. The third kappa shape index (κ3) is 2.88. The van der Waals surface area contributed by atoms with E-state index >= 15 is 0 Å². The van der Waals surface area contributed by atoms with Crippen molar-refractivity contribution in [1.29, 1.82) is 0 Å². The minimum Gasteiger partial charge on any atom is -0.508 e. The summed E-state index contributed by atoms with van der Waals surface area (Å²) in [6, 6.07) is 19.2. The van der Waals surface area contributed by atoms with Gasteiger partial charge in [0.05, 0.1) is 4.88 Å². The molecule has 1 heterocycles. The summed E-state index contributed by atoms with van der Waals surface area (Å²) in [6.07, 6.45) is 0. The van der Waals surface area contributed by atoms with Crippen LogP contribution in [0.4, 0.5) is 0 Å². The van der Waals surface area contributed by atoms with Crippen molar-refractivity contribution in [2.75, 3.05) is 0 Å². The van der Waals surface area contributed by atoms with Crippen LogP contribution in [0.3, 0.4) is 0 Å². The number of Topliss-reactive ketones (excluding diaryl/α,β-unsaturated/α-hetero) is 1. The van der Waals surface area contributed by atoms with Crippen molar-refractivity contribution in [1.82, 2.24) is 0 Å². The number of carbonyl (C=O) groups is 1. The lowest BCUT2D eigenvalue weighted by Crippen LogP contribution is -1.83. The molecule has 0 saturated heterocycles. The standard InChI is InChI=1S/C18H14O2S/c1-12(19)17-10-11-18(21-17)15-4-2-13(3-5-15)14-6-8-16(20)9-7-14/h2-11,20H,1H3. The van der Waals surface area contributed by atoms with Crippen LogP contribution in [0.5, 0.6) is 5.75 Å². The summed E-state index contributed by atoms with van der Waals surface area (Å²) in [5, 5.41) is 9.32. The largest absolute Gasteiger partial charge is 0.508 e. The second-order valence-electron chi connectivity index (χ2n) is 4.84. The number of ketones is 1. The predicted molar refractivity (Wildman–Crippen MR) is 86.9 cm³/mol. The van der Waals surface area contributed by atoms with Gasteiger partial charge in [-0.3, -0.25) is 4.79 Å². The quantitative estimate of drug-likeness (QED) is 0.691. The van der Waals surface area contributed by atoms with Crippen molar-refractivity contribution in [3.8, 4) is 27.3 Å². The molecular formula is C18H14O2S. The van der Waals surface area contributed by atoms with E-state index in [-0.39, 0.29) is 11.5 Å². The molecule has 1 aromatic heterocycles. The van der Waals surface area contributed by atoms with Gasteiger partial charge in [-0.15, -0.1) is 11.3 Å². The molecule has 3 heteroatoms. The SMILES string of the molecule is CC(=O)c1ccc(-c2ccc(-c3ccc(O)cc3)cc2)s1. The number of aromatic hydroxyl groups is 1.